The molecule has 0 saturated carbocycles. The first-order valence-electron chi connectivity index (χ1n) is 9.63. The Balaban J connectivity index is 1.74. The molecule has 0 spiro atoms. The van der Waals surface area contributed by atoms with Gasteiger partial charge in [0.2, 0.25) is 0 Å². The standard InChI is InChI=1S/C21H30N4O/c1-4-17-8-5-6-10-19(17)21(26)25-12-7-9-18(16-25)20-22-11-13-24(20)15-14-23(2)3/h5-6,8,10-11,13,18H,4,7,9,12,14-16H2,1-3H3/t18-/m0/s1. The summed E-state index contributed by atoms with van der Waals surface area (Å²) in [7, 11) is 4.17. The number of carbonyl (C=O) groups is 1. The molecule has 1 aromatic heterocycles. The molecule has 1 aliphatic rings. The Morgan fingerprint density at radius 2 is 2.12 bits per heavy atom. The van der Waals surface area contributed by atoms with Gasteiger partial charge in [-0.05, 0) is 45.0 Å². The van der Waals surface area contributed by atoms with E-state index in [0.29, 0.717) is 5.92 Å². The number of aromatic nitrogens is 2. The Bertz CT molecular complexity index is 737. The highest BCUT2D eigenvalue weighted by molar-refractivity contribution is 5.95. The molecule has 26 heavy (non-hydrogen) atoms. The van der Waals surface area contributed by atoms with E-state index in [1.165, 1.54) is 0 Å². The summed E-state index contributed by atoms with van der Waals surface area (Å²) in [5, 5.41) is 0. The Morgan fingerprint density at radius 1 is 1.31 bits per heavy atom. The van der Waals surface area contributed by atoms with Gasteiger partial charge in [-0.3, -0.25) is 4.79 Å². The van der Waals surface area contributed by atoms with Gasteiger partial charge in [0.1, 0.15) is 5.82 Å². The molecule has 5 heteroatoms. The van der Waals surface area contributed by atoms with Crippen molar-refractivity contribution < 1.29 is 4.79 Å². The van der Waals surface area contributed by atoms with Gasteiger partial charge in [-0.1, -0.05) is 25.1 Å². The van der Waals surface area contributed by atoms with Gasteiger partial charge >= 0.3 is 0 Å². The van der Waals surface area contributed by atoms with Crippen LogP contribution in [-0.4, -0.2) is 59.0 Å². The van der Waals surface area contributed by atoms with Crippen LogP contribution >= 0.6 is 0 Å². The number of aryl methyl sites for hydroxylation is 1. The van der Waals surface area contributed by atoms with Crippen molar-refractivity contribution in [2.45, 2.75) is 38.6 Å². The lowest BCUT2D eigenvalue weighted by Crippen LogP contribution is -2.40. The zero-order valence-corrected chi connectivity index (χ0v) is 16.2. The lowest BCUT2D eigenvalue weighted by Gasteiger charge is -2.33. The first-order chi connectivity index (χ1) is 12.6. The third-order valence-corrected chi connectivity index (χ3v) is 5.24. The molecular formula is C21H30N4O. The average Bonchev–Trinajstić information content (AvgIpc) is 3.14. The van der Waals surface area contributed by atoms with E-state index in [-0.39, 0.29) is 5.91 Å². The van der Waals surface area contributed by atoms with Gasteiger partial charge in [-0.15, -0.1) is 0 Å². The topological polar surface area (TPSA) is 41.4 Å². The van der Waals surface area contributed by atoms with E-state index >= 15 is 0 Å². The number of carbonyl (C=O) groups excluding carboxylic acids is 1. The molecule has 1 aromatic carbocycles. The van der Waals surface area contributed by atoms with E-state index < -0.39 is 0 Å². The van der Waals surface area contributed by atoms with Crippen LogP contribution in [0.25, 0.3) is 0 Å². The van der Waals surface area contributed by atoms with Crippen molar-refractivity contribution in [1.29, 1.82) is 0 Å². The van der Waals surface area contributed by atoms with Gasteiger partial charge in [0, 0.05) is 50.1 Å². The Kier molecular flexibility index (Phi) is 6.09. The number of likely N-dealkylation sites (tertiary alicyclic amines) is 1. The van der Waals surface area contributed by atoms with Crippen molar-refractivity contribution >= 4 is 5.91 Å². The van der Waals surface area contributed by atoms with Crippen LogP contribution in [0.2, 0.25) is 0 Å². The summed E-state index contributed by atoms with van der Waals surface area (Å²) in [5.74, 6) is 1.60. The largest absolute Gasteiger partial charge is 0.338 e. The number of likely N-dealkylation sites (N-methyl/N-ethyl adjacent to an activating group) is 1. The lowest BCUT2D eigenvalue weighted by atomic mass is 9.95. The highest BCUT2D eigenvalue weighted by atomic mass is 16.2. The zero-order chi connectivity index (χ0) is 18.5. The summed E-state index contributed by atoms with van der Waals surface area (Å²) in [6.45, 7) is 5.63. The van der Waals surface area contributed by atoms with Crippen LogP contribution in [0.3, 0.4) is 0 Å². The minimum absolute atomic E-state index is 0.165. The summed E-state index contributed by atoms with van der Waals surface area (Å²) in [4.78, 5) is 21.9. The first kappa shape index (κ1) is 18.6. The summed E-state index contributed by atoms with van der Waals surface area (Å²) in [6, 6.07) is 7.99. The number of rotatable bonds is 6. The van der Waals surface area contributed by atoms with Crippen molar-refractivity contribution in [3.8, 4) is 0 Å². The second kappa shape index (κ2) is 8.49. The van der Waals surface area contributed by atoms with Crippen molar-refractivity contribution in [2.24, 2.45) is 0 Å². The van der Waals surface area contributed by atoms with Crippen molar-refractivity contribution in [3.05, 3.63) is 53.6 Å². The first-order valence-corrected chi connectivity index (χ1v) is 9.63. The fraction of sp³-hybridized carbons (Fsp3) is 0.524. The van der Waals surface area contributed by atoms with Gasteiger partial charge in [-0.25, -0.2) is 4.98 Å². The third-order valence-electron chi connectivity index (χ3n) is 5.24. The van der Waals surface area contributed by atoms with E-state index in [4.69, 9.17) is 0 Å². The zero-order valence-electron chi connectivity index (χ0n) is 16.2. The second-order valence-corrected chi connectivity index (χ2v) is 7.38. The molecule has 1 saturated heterocycles. The average molecular weight is 354 g/mol. The van der Waals surface area contributed by atoms with Crippen molar-refractivity contribution in [3.63, 3.8) is 0 Å². The summed E-state index contributed by atoms with van der Waals surface area (Å²) in [5.41, 5.74) is 1.98. The van der Waals surface area contributed by atoms with E-state index in [0.717, 1.165) is 62.4 Å². The Hall–Kier alpha value is -2.14. The Labute approximate surface area is 156 Å². The highest BCUT2D eigenvalue weighted by Gasteiger charge is 2.28. The maximum Gasteiger partial charge on any atom is 0.254 e. The molecule has 2 heterocycles. The predicted octanol–water partition coefficient (Wildman–Crippen LogP) is 3.03. The van der Waals surface area contributed by atoms with Gasteiger partial charge in [0.25, 0.3) is 5.91 Å². The molecule has 1 amide bonds. The molecule has 140 valence electrons. The maximum absolute atomic E-state index is 13.1. The number of benzene rings is 1. The van der Waals surface area contributed by atoms with E-state index in [1.807, 2.05) is 29.3 Å². The SMILES string of the molecule is CCc1ccccc1C(=O)N1CCC[C@H](c2nccn2CCN(C)C)C1. The van der Waals surface area contributed by atoms with E-state index in [1.54, 1.807) is 0 Å². The molecule has 5 nitrogen and oxygen atoms in total. The molecule has 1 fully saturated rings. The highest BCUT2D eigenvalue weighted by Crippen LogP contribution is 2.27. The fourth-order valence-corrected chi connectivity index (χ4v) is 3.76. The quantitative estimate of drug-likeness (QED) is 0.801. The summed E-state index contributed by atoms with van der Waals surface area (Å²) < 4.78 is 2.25. The molecule has 0 bridgehead atoms. The molecule has 1 aliphatic heterocycles. The van der Waals surface area contributed by atoms with Gasteiger partial charge in [0.05, 0.1) is 0 Å². The number of hydrogen-bond donors (Lipinski definition) is 0. The van der Waals surface area contributed by atoms with Crippen LogP contribution in [0.4, 0.5) is 0 Å². The number of imidazole rings is 1. The van der Waals surface area contributed by atoms with E-state index in [9.17, 15) is 4.79 Å². The molecule has 0 aliphatic carbocycles. The van der Waals surface area contributed by atoms with Crippen LogP contribution < -0.4 is 0 Å². The molecule has 0 radical (unpaired) electrons. The second-order valence-electron chi connectivity index (χ2n) is 7.38. The van der Waals surface area contributed by atoms with Gasteiger partial charge in [0.15, 0.2) is 0 Å². The molecule has 2 aromatic rings. The van der Waals surface area contributed by atoms with Crippen molar-refractivity contribution in [1.82, 2.24) is 19.4 Å². The summed E-state index contributed by atoms with van der Waals surface area (Å²) >= 11 is 0. The minimum atomic E-state index is 0.165. The van der Waals surface area contributed by atoms with Crippen LogP contribution in [0.1, 0.15) is 47.4 Å². The molecule has 1 atom stereocenters. The molecule has 0 unspecified atom stereocenters. The monoisotopic (exact) mass is 354 g/mol. The molecular weight excluding hydrogens is 324 g/mol. The molecule has 3 rings (SSSR count). The normalized spacial score (nSPS) is 17.7. The number of piperidine rings is 1. The minimum Gasteiger partial charge on any atom is -0.338 e. The number of nitrogens with zero attached hydrogens (tertiary/aromatic N) is 4. The van der Waals surface area contributed by atoms with Crippen LogP contribution in [0.5, 0.6) is 0 Å². The number of hydrogen-bond acceptors (Lipinski definition) is 3. The van der Waals surface area contributed by atoms with Crippen LogP contribution in [-0.2, 0) is 13.0 Å². The van der Waals surface area contributed by atoms with Crippen LogP contribution in [0.15, 0.2) is 36.7 Å². The Morgan fingerprint density at radius 3 is 2.88 bits per heavy atom. The third kappa shape index (κ3) is 4.15. The van der Waals surface area contributed by atoms with Gasteiger partial charge in [-0.2, -0.15) is 0 Å². The lowest BCUT2D eigenvalue weighted by molar-refractivity contribution is 0.0702. The summed E-state index contributed by atoms with van der Waals surface area (Å²) in [6.07, 6.45) is 6.96. The molecule has 0 N–H and O–H groups in total. The smallest absolute Gasteiger partial charge is 0.254 e. The van der Waals surface area contributed by atoms with Crippen LogP contribution in [0, 0.1) is 0 Å². The fourth-order valence-electron chi connectivity index (χ4n) is 3.76. The predicted molar refractivity (Wildman–Crippen MR) is 104 cm³/mol. The maximum atomic E-state index is 13.1. The van der Waals surface area contributed by atoms with Gasteiger partial charge < -0.3 is 14.4 Å². The van der Waals surface area contributed by atoms with Crippen molar-refractivity contribution in [2.75, 3.05) is 33.7 Å². The van der Waals surface area contributed by atoms with E-state index in [2.05, 4.69) is 47.7 Å². The number of amides is 1.